The summed E-state index contributed by atoms with van der Waals surface area (Å²) in [4.78, 5) is 20.7. The van der Waals surface area contributed by atoms with Gasteiger partial charge >= 0.3 is 6.18 Å². The van der Waals surface area contributed by atoms with Gasteiger partial charge in [-0.2, -0.15) is 13.2 Å². The van der Waals surface area contributed by atoms with E-state index in [2.05, 4.69) is 15.3 Å². The number of aromatic nitrogens is 2. The molecule has 4 nitrogen and oxygen atoms in total. The van der Waals surface area contributed by atoms with E-state index in [9.17, 15) is 18.0 Å². The van der Waals surface area contributed by atoms with Crippen molar-refractivity contribution in [2.24, 2.45) is 0 Å². The van der Waals surface area contributed by atoms with E-state index in [-0.39, 0.29) is 12.1 Å². The molecule has 0 saturated heterocycles. The van der Waals surface area contributed by atoms with Gasteiger partial charge in [-0.05, 0) is 30.3 Å². The number of pyridine rings is 1. The summed E-state index contributed by atoms with van der Waals surface area (Å²) in [6, 6.07) is 9.90. The minimum Gasteiger partial charge on any atom is -0.352 e. The Hall–Kier alpha value is -2.74. The number of alkyl halides is 3. The van der Waals surface area contributed by atoms with E-state index in [0.717, 1.165) is 28.5 Å². The van der Waals surface area contributed by atoms with Crippen molar-refractivity contribution in [3.63, 3.8) is 0 Å². The van der Waals surface area contributed by atoms with Crippen LogP contribution in [0.1, 0.15) is 20.9 Å². The van der Waals surface area contributed by atoms with Gasteiger partial charge in [-0.25, -0.2) is 4.98 Å². The number of hydrogen-bond donors (Lipinski definition) is 1. The number of halogens is 3. The lowest BCUT2D eigenvalue weighted by molar-refractivity contribution is -0.137. The highest BCUT2D eigenvalue weighted by Gasteiger charge is 2.30. The molecule has 0 aliphatic heterocycles. The van der Waals surface area contributed by atoms with E-state index >= 15 is 0 Å². The van der Waals surface area contributed by atoms with E-state index in [1.54, 1.807) is 6.20 Å². The van der Waals surface area contributed by atoms with Crippen molar-refractivity contribution < 1.29 is 18.0 Å². The lowest BCUT2D eigenvalue weighted by Crippen LogP contribution is -2.26. The Morgan fingerprint density at radius 3 is 2.69 bits per heavy atom. The topological polar surface area (TPSA) is 54.9 Å². The number of amides is 1. The number of nitrogens with one attached hydrogen (secondary N) is 1. The monoisotopic (exact) mass is 377 g/mol. The first-order valence-corrected chi connectivity index (χ1v) is 8.63. The highest BCUT2D eigenvalue weighted by atomic mass is 32.1. The van der Waals surface area contributed by atoms with Crippen LogP contribution in [0.15, 0.2) is 54.0 Å². The molecule has 3 rings (SSSR count). The zero-order chi connectivity index (χ0) is 18.6. The first kappa shape index (κ1) is 18.1. The van der Waals surface area contributed by atoms with Gasteiger partial charge in [0.15, 0.2) is 0 Å². The second-order valence-electron chi connectivity index (χ2n) is 5.43. The molecule has 0 fully saturated rings. The van der Waals surface area contributed by atoms with Crippen LogP contribution in [-0.2, 0) is 12.6 Å². The lowest BCUT2D eigenvalue weighted by atomic mass is 10.1. The summed E-state index contributed by atoms with van der Waals surface area (Å²) >= 11 is 1.45. The standard InChI is InChI=1S/C18H14F3N3OS/c19-18(20,21)13-5-3-4-12(10-13)17(25)23-9-7-16-24-15(11-26-16)14-6-1-2-8-22-14/h1-6,8,10-11H,7,9H2,(H,23,25). The summed E-state index contributed by atoms with van der Waals surface area (Å²) < 4.78 is 38.1. The van der Waals surface area contributed by atoms with Gasteiger partial charge in [0.05, 0.1) is 22.0 Å². The number of hydrogen-bond acceptors (Lipinski definition) is 4. The van der Waals surface area contributed by atoms with Gasteiger partial charge in [-0.15, -0.1) is 11.3 Å². The molecule has 1 aromatic carbocycles. The molecule has 0 bridgehead atoms. The fraction of sp³-hybridized carbons (Fsp3) is 0.167. The normalized spacial score (nSPS) is 11.3. The zero-order valence-electron chi connectivity index (χ0n) is 13.5. The Balaban J connectivity index is 1.57. The fourth-order valence-electron chi connectivity index (χ4n) is 2.28. The third-order valence-corrected chi connectivity index (χ3v) is 4.46. The molecule has 0 radical (unpaired) electrons. The van der Waals surface area contributed by atoms with Gasteiger partial charge in [-0.1, -0.05) is 12.1 Å². The maximum atomic E-state index is 12.7. The Bertz CT molecular complexity index is 894. The van der Waals surface area contributed by atoms with Gasteiger partial charge in [0, 0.05) is 30.1 Å². The number of thiazole rings is 1. The smallest absolute Gasteiger partial charge is 0.352 e. The average molecular weight is 377 g/mol. The first-order valence-electron chi connectivity index (χ1n) is 7.75. The minimum absolute atomic E-state index is 0.0202. The van der Waals surface area contributed by atoms with Crippen molar-refractivity contribution in [1.82, 2.24) is 15.3 Å². The third-order valence-electron chi connectivity index (χ3n) is 3.56. The van der Waals surface area contributed by atoms with E-state index in [1.807, 2.05) is 23.6 Å². The highest BCUT2D eigenvalue weighted by molar-refractivity contribution is 7.09. The van der Waals surface area contributed by atoms with Crippen LogP contribution < -0.4 is 5.32 Å². The molecule has 134 valence electrons. The molecule has 26 heavy (non-hydrogen) atoms. The maximum Gasteiger partial charge on any atom is 0.416 e. The molecule has 0 aliphatic rings. The van der Waals surface area contributed by atoms with E-state index in [1.165, 1.54) is 23.5 Å². The van der Waals surface area contributed by atoms with Crippen LogP contribution in [0.25, 0.3) is 11.4 Å². The van der Waals surface area contributed by atoms with Crippen molar-refractivity contribution in [3.8, 4) is 11.4 Å². The molecule has 0 unspecified atom stereocenters. The number of carbonyl (C=O) groups is 1. The highest BCUT2D eigenvalue weighted by Crippen LogP contribution is 2.29. The molecular weight excluding hydrogens is 363 g/mol. The van der Waals surface area contributed by atoms with Gasteiger partial charge in [0.2, 0.25) is 0 Å². The van der Waals surface area contributed by atoms with Crippen molar-refractivity contribution >= 4 is 17.2 Å². The predicted octanol–water partition coefficient (Wildman–Crippen LogP) is 4.20. The number of carbonyl (C=O) groups excluding carboxylic acids is 1. The van der Waals surface area contributed by atoms with E-state index in [4.69, 9.17) is 0 Å². The Kier molecular flexibility index (Phi) is 5.32. The SMILES string of the molecule is O=C(NCCc1nc(-c2ccccn2)cs1)c1cccc(C(F)(F)F)c1. The second-order valence-corrected chi connectivity index (χ2v) is 6.37. The Morgan fingerprint density at radius 1 is 1.12 bits per heavy atom. The van der Waals surface area contributed by atoms with Gasteiger partial charge < -0.3 is 5.32 Å². The lowest BCUT2D eigenvalue weighted by Gasteiger charge is -2.09. The molecule has 2 heterocycles. The molecule has 8 heteroatoms. The van der Waals surface area contributed by atoms with E-state index in [0.29, 0.717) is 6.42 Å². The van der Waals surface area contributed by atoms with E-state index < -0.39 is 17.6 Å². The van der Waals surface area contributed by atoms with Crippen LogP contribution >= 0.6 is 11.3 Å². The third kappa shape index (κ3) is 4.45. The molecule has 0 saturated carbocycles. The quantitative estimate of drug-likeness (QED) is 0.725. The first-order chi connectivity index (χ1) is 12.4. The van der Waals surface area contributed by atoms with Crippen molar-refractivity contribution in [1.29, 1.82) is 0 Å². The fourth-order valence-corrected chi connectivity index (χ4v) is 3.07. The molecule has 1 N–H and O–H groups in total. The van der Waals surface area contributed by atoms with Gasteiger partial charge in [-0.3, -0.25) is 9.78 Å². The van der Waals surface area contributed by atoms with Crippen LogP contribution in [0.3, 0.4) is 0 Å². The maximum absolute atomic E-state index is 12.7. The molecular formula is C18H14F3N3OS. The van der Waals surface area contributed by atoms with Crippen molar-refractivity contribution in [2.45, 2.75) is 12.6 Å². The van der Waals surface area contributed by atoms with Crippen LogP contribution in [-0.4, -0.2) is 22.4 Å². The second kappa shape index (κ2) is 7.65. The number of nitrogens with zero attached hydrogens (tertiary/aromatic N) is 2. The van der Waals surface area contributed by atoms with Crippen LogP contribution in [0.2, 0.25) is 0 Å². The van der Waals surface area contributed by atoms with Crippen LogP contribution in [0.4, 0.5) is 13.2 Å². The average Bonchev–Trinajstić information content (AvgIpc) is 3.11. The molecule has 1 amide bonds. The van der Waals surface area contributed by atoms with Crippen LogP contribution in [0.5, 0.6) is 0 Å². The zero-order valence-corrected chi connectivity index (χ0v) is 14.3. The molecule has 0 spiro atoms. The van der Waals surface area contributed by atoms with Gasteiger partial charge in [0.25, 0.3) is 5.91 Å². The van der Waals surface area contributed by atoms with Crippen molar-refractivity contribution in [3.05, 3.63) is 70.2 Å². The summed E-state index contributed by atoms with van der Waals surface area (Å²) in [5.41, 5.74) is 0.663. The Morgan fingerprint density at radius 2 is 1.96 bits per heavy atom. The molecule has 3 aromatic rings. The predicted molar refractivity (Wildman–Crippen MR) is 92.8 cm³/mol. The summed E-state index contributed by atoms with van der Waals surface area (Å²) in [7, 11) is 0. The Labute approximate surface area is 151 Å². The minimum atomic E-state index is -4.47. The van der Waals surface area contributed by atoms with Crippen molar-refractivity contribution in [2.75, 3.05) is 6.54 Å². The summed E-state index contributed by atoms with van der Waals surface area (Å²) in [6.07, 6.45) is -2.30. The summed E-state index contributed by atoms with van der Waals surface area (Å²) in [5, 5.41) is 5.32. The number of rotatable bonds is 5. The molecule has 0 atom stereocenters. The van der Waals surface area contributed by atoms with Crippen LogP contribution in [0, 0.1) is 0 Å². The number of benzene rings is 1. The summed E-state index contributed by atoms with van der Waals surface area (Å²) in [5.74, 6) is -0.544. The molecule has 2 aromatic heterocycles. The summed E-state index contributed by atoms with van der Waals surface area (Å²) in [6.45, 7) is 0.282. The van der Waals surface area contributed by atoms with Gasteiger partial charge in [0.1, 0.15) is 0 Å². The largest absolute Gasteiger partial charge is 0.416 e. The molecule has 0 aliphatic carbocycles.